The second-order valence-electron chi connectivity index (χ2n) is 6.72. The Balaban J connectivity index is 1.84. The number of carbonyl (C=O) groups is 2. The minimum atomic E-state index is -0.560. The van der Waals surface area contributed by atoms with E-state index in [1.165, 1.54) is 24.3 Å². The molecule has 0 radical (unpaired) electrons. The Morgan fingerprint density at radius 3 is 2.52 bits per heavy atom. The number of aromatic nitrogens is 1. The number of hydrazine groups is 1. The zero-order chi connectivity index (χ0) is 22.1. The molecule has 1 aromatic heterocycles. The molecule has 0 saturated heterocycles. The van der Waals surface area contributed by atoms with E-state index < -0.39 is 17.6 Å². The molecule has 6 nitrogen and oxygen atoms in total. The number of nitrogens with one attached hydrogen (secondary N) is 3. The van der Waals surface area contributed by atoms with E-state index >= 15 is 0 Å². The third-order valence-corrected chi connectivity index (χ3v) is 5.14. The van der Waals surface area contributed by atoms with Gasteiger partial charge in [-0.15, -0.1) is 0 Å². The highest BCUT2D eigenvalue weighted by Gasteiger charge is 2.14. The lowest BCUT2D eigenvalue weighted by Crippen LogP contribution is -2.40. The molecule has 0 atom stereocenters. The number of rotatable bonds is 3. The average Bonchev–Trinajstić information content (AvgIpc) is 2.76. The Morgan fingerprint density at radius 2 is 1.77 bits per heavy atom. The van der Waals surface area contributed by atoms with Crippen LogP contribution in [0.1, 0.15) is 10.4 Å². The van der Waals surface area contributed by atoms with Crippen molar-refractivity contribution in [2.24, 2.45) is 0 Å². The van der Waals surface area contributed by atoms with Gasteiger partial charge in [-0.2, -0.15) is 0 Å². The van der Waals surface area contributed by atoms with Gasteiger partial charge in [0.15, 0.2) is 0 Å². The van der Waals surface area contributed by atoms with Crippen molar-refractivity contribution in [1.29, 1.82) is 0 Å². The van der Waals surface area contributed by atoms with Crippen LogP contribution >= 0.6 is 11.6 Å². The summed E-state index contributed by atoms with van der Waals surface area (Å²) >= 11 is 6.17. The molecule has 0 aliphatic carbocycles. The Bertz CT molecular complexity index is 1430. The van der Waals surface area contributed by atoms with Gasteiger partial charge in [0.2, 0.25) is 0 Å². The summed E-state index contributed by atoms with van der Waals surface area (Å²) in [5.41, 5.74) is 5.55. The molecule has 0 spiro atoms. The predicted molar refractivity (Wildman–Crippen MR) is 118 cm³/mol. The highest BCUT2D eigenvalue weighted by molar-refractivity contribution is 6.33. The lowest BCUT2D eigenvalue weighted by molar-refractivity contribution is -0.117. The third-order valence-electron chi connectivity index (χ3n) is 4.82. The summed E-state index contributed by atoms with van der Waals surface area (Å²) in [4.78, 5) is 39.0. The zero-order valence-corrected chi connectivity index (χ0v) is 16.7. The third kappa shape index (κ3) is 3.78. The highest BCUT2D eigenvalue weighted by atomic mass is 35.5. The molecule has 2 amide bonds. The van der Waals surface area contributed by atoms with Crippen LogP contribution in [-0.4, -0.2) is 16.8 Å². The first-order valence-electron chi connectivity index (χ1n) is 9.16. The van der Waals surface area contributed by atoms with Crippen molar-refractivity contribution >= 4 is 45.1 Å². The van der Waals surface area contributed by atoms with Gasteiger partial charge in [-0.1, -0.05) is 36.4 Å². The maximum absolute atomic E-state index is 14.3. The minimum Gasteiger partial charge on any atom is -0.321 e. The fourth-order valence-electron chi connectivity index (χ4n) is 3.35. The fraction of sp³-hybridized carbons (Fsp3) is 0. The number of amides is 2. The van der Waals surface area contributed by atoms with E-state index in [1.54, 1.807) is 30.3 Å². The molecular weight excluding hydrogens is 421 g/mol. The summed E-state index contributed by atoms with van der Waals surface area (Å²) in [6.45, 7) is 3.30. The zero-order valence-electron chi connectivity index (χ0n) is 16.0. The lowest BCUT2D eigenvalue weighted by atomic mass is 9.99. The van der Waals surface area contributed by atoms with Crippen LogP contribution in [0.2, 0.25) is 5.02 Å². The molecule has 1 heterocycles. The molecule has 4 aromatic rings. The summed E-state index contributed by atoms with van der Waals surface area (Å²) in [6, 6.07) is 14.0. The molecule has 3 N–H and O–H groups in total. The average molecular weight is 436 g/mol. The van der Waals surface area contributed by atoms with Gasteiger partial charge in [0, 0.05) is 27.4 Å². The smallest absolute Gasteiger partial charge is 0.269 e. The van der Waals surface area contributed by atoms with Gasteiger partial charge in [0.25, 0.3) is 17.4 Å². The standard InChI is InChI=1S/C23H15ClFN3O3/c1-2-20(29)27-28-22(30)13-7-9-15-16(10-13)14-8-6-12(11-19(14)26-23(15)31)21-17(24)4-3-5-18(21)25/h2-11H,1H2,(H,26,31)(H,27,29)(H,28,30). The molecule has 154 valence electrons. The van der Waals surface area contributed by atoms with Crippen molar-refractivity contribution in [3.8, 4) is 11.1 Å². The number of halogens is 2. The Kier molecular flexibility index (Phi) is 5.27. The van der Waals surface area contributed by atoms with Crippen molar-refractivity contribution in [3.05, 3.63) is 94.0 Å². The molecule has 0 unspecified atom stereocenters. The van der Waals surface area contributed by atoms with Gasteiger partial charge in [-0.3, -0.25) is 25.2 Å². The first-order valence-corrected chi connectivity index (χ1v) is 9.54. The van der Waals surface area contributed by atoms with E-state index in [2.05, 4.69) is 22.4 Å². The molecule has 0 aliphatic heterocycles. The number of hydrogen-bond acceptors (Lipinski definition) is 3. The fourth-order valence-corrected chi connectivity index (χ4v) is 3.62. The SMILES string of the molecule is C=CC(=O)NNC(=O)c1ccc2c(=O)[nH]c3cc(-c4c(F)cccc4Cl)ccc3c2c1. The summed E-state index contributed by atoms with van der Waals surface area (Å²) in [7, 11) is 0. The van der Waals surface area contributed by atoms with E-state index in [0.29, 0.717) is 27.2 Å². The summed E-state index contributed by atoms with van der Waals surface area (Å²) in [5, 5.41) is 1.84. The van der Waals surface area contributed by atoms with Crippen LogP contribution in [-0.2, 0) is 4.79 Å². The molecule has 31 heavy (non-hydrogen) atoms. The number of pyridine rings is 1. The Morgan fingerprint density at radius 1 is 1.00 bits per heavy atom. The monoisotopic (exact) mass is 435 g/mol. The van der Waals surface area contributed by atoms with Gasteiger partial charge in [-0.25, -0.2) is 4.39 Å². The molecule has 0 aliphatic rings. The van der Waals surface area contributed by atoms with E-state index in [0.717, 1.165) is 6.08 Å². The number of benzene rings is 3. The van der Waals surface area contributed by atoms with E-state index in [-0.39, 0.29) is 21.7 Å². The summed E-state index contributed by atoms with van der Waals surface area (Å²) in [6.07, 6.45) is 1.02. The van der Waals surface area contributed by atoms with Crippen LogP contribution in [0.3, 0.4) is 0 Å². The van der Waals surface area contributed by atoms with Crippen molar-refractivity contribution in [3.63, 3.8) is 0 Å². The molecule has 3 aromatic carbocycles. The number of fused-ring (bicyclic) bond motifs is 3. The lowest BCUT2D eigenvalue weighted by Gasteiger charge is -2.10. The summed E-state index contributed by atoms with van der Waals surface area (Å²) < 4.78 is 14.3. The van der Waals surface area contributed by atoms with Crippen molar-refractivity contribution in [2.75, 3.05) is 0 Å². The van der Waals surface area contributed by atoms with E-state index in [1.807, 2.05) is 0 Å². The van der Waals surface area contributed by atoms with Crippen LogP contribution in [0.5, 0.6) is 0 Å². The largest absolute Gasteiger partial charge is 0.321 e. The minimum absolute atomic E-state index is 0.234. The van der Waals surface area contributed by atoms with Gasteiger partial charge in [0.1, 0.15) is 5.82 Å². The number of carbonyl (C=O) groups excluding carboxylic acids is 2. The molecule has 0 saturated carbocycles. The first kappa shape index (κ1) is 20.3. The van der Waals surface area contributed by atoms with Crippen molar-refractivity contribution < 1.29 is 14.0 Å². The van der Waals surface area contributed by atoms with Crippen molar-refractivity contribution in [2.45, 2.75) is 0 Å². The number of H-pyrrole nitrogens is 1. The summed E-state index contributed by atoms with van der Waals surface area (Å²) in [5.74, 6) is -1.59. The van der Waals surface area contributed by atoms with Crippen LogP contribution in [0.25, 0.3) is 32.8 Å². The second kappa shape index (κ2) is 8.04. The maximum Gasteiger partial charge on any atom is 0.269 e. The molecule has 8 heteroatoms. The van der Waals surface area contributed by atoms with Crippen LogP contribution in [0, 0.1) is 5.82 Å². The van der Waals surface area contributed by atoms with E-state index in [4.69, 9.17) is 11.6 Å². The Labute approximate surface area is 180 Å². The van der Waals surface area contributed by atoms with E-state index in [9.17, 15) is 18.8 Å². The Hall–Kier alpha value is -3.97. The van der Waals surface area contributed by atoms with Gasteiger partial charge in [0.05, 0.1) is 5.02 Å². The van der Waals surface area contributed by atoms with Gasteiger partial charge < -0.3 is 4.98 Å². The second-order valence-corrected chi connectivity index (χ2v) is 7.13. The van der Waals surface area contributed by atoms with Crippen LogP contribution < -0.4 is 16.4 Å². The van der Waals surface area contributed by atoms with Crippen LogP contribution in [0.15, 0.2) is 72.0 Å². The molecule has 4 rings (SSSR count). The van der Waals surface area contributed by atoms with Crippen LogP contribution in [0.4, 0.5) is 4.39 Å². The molecule has 0 bridgehead atoms. The maximum atomic E-state index is 14.3. The quantitative estimate of drug-likeness (QED) is 0.257. The molecular formula is C23H15ClFN3O3. The van der Waals surface area contributed by atoms with Gasteiger partial charge in [-0.05, 0) is 53.4 Å². The topological polar surface area (TPSA) is 91.1 Å². The first-order chi connectivity index (χ1) is 14.9. The van der Waals surface area contributed by atoms with Gasteiger partial charge >= 0.3 is 0 Å². The highest BCUT2D eigenvalue weighted by Crippen LogP contribution is 2.33. The normalized spacial score (nSPS) is 10.8. The van der Waals surface area contributed by atoms with Crippen molar-refractivity contribution in [1.82, 2.24) is 15.8 Å². The number of hydrogen-bond donors (Lipinski definition) is 3. The molecule has 0 fully saturated rings. The number of aromatic amines is 1. The predicted octanol–water partition coefficient (Wildman–Crippen LogP) is 4.09.